The molecule has 1 aliphatic carbocycles. The van der Waals surface area contributed by atoms with Crippen LogP contribution in [0.1, 0.15) is 31.2 Å². The average Bonchev–Trinajstić information content (AvgIpc) is 2.65. The minimum atomic E-state index is 0.134. The molecule has 0 aromatic heterocycles. The van der Waals surface area contributed by atoms with Crippen molar-refractivity contribution in [2.45, 2.75) is 38.1 Å². The van der Waals surface area contributed by atoms with Crippen molar-refractivity contribution in [2.24, 2.45) is 0 Å². The lowest BCUT2D eigenvalue weighted by molar-refractivity contribution is -0.122. The van der Waals surface area contributed by atoms with Crippen LogP contribution in [0.4, 0.5) is 11.4 Å². The summed E-state index contributed by atoms with van der Waals surface area (Å²) >= 11 is 0. The SMILES string of the molecule is Nc1ccc2c(c1)CC(=O)N2C1CCC(=O)CC1. The van der Waals surface area contributed by atoms with Crippen LogP contribution in [0.25, 0.3) is 0 Å². The van der Waals surface area contributed by atoms with Gasteiger partial charge in [0.25, 0.3) is 0 Å². The molecule has 0 bridgehead atoms. The number of ketones is 1. The van der Waals surface area contributed by atoms with Crippen LogP contribution in [0, 0.1) is 0 Å². The predicted molar refractivity (Wildman–Crippen MR) is 69.3 cm³/mol. The van der Waals surface area contributed by atoms with Crippen molar-refractivity contribution in [2.75, 3.05) is 10.6 Å². The molecule has 18 heavy (non-hydrogen) atoms. The average molecular weight is 244 g/mol. The minimum absolute atomic E-state index is 0.134. The number of fused-ring (bicyclic) bond motifs is 1. The van der Waals surface area contributed by atoms with Gasteiger partial charge in [-0.25, -0.2) is 0 Å². The van der Waals surface area contributed by atoms with Crippen LogP contribution < -0.4 is 10.6 Å². The van der Waals surface area contributed by atoms with Crippen LogP contribution in [0.15, 0.2) is 18.2 Å². The standard InChI is InChI=1S/C14H16N2O2/c15-10-1-6-13-9(7-10)8-14(18)16(13)11-2-4-12(17)5-3-11/h1,6-7,11H,2-5,8,15H2. The monoisotopic (exact) mass is 244 g/mol. The van der Waals surface area contributed by atoms with Gasteiger partial charge in [-0.15, -0.1) is 0 Å². The molecule has 3 rings (SSSR count). The van der Waals surface area contributed by atoms with Crippen molar-refractivity contribution < 1.29 is 9.59 Å². The van der Waals surface area contributed by atoms with Gasteiger partial charge in [0.15, 0.2) is 0 Å². The molecule has 1 aliphatic heterocycles. The van der Waals surface area contributed by atoms with Gasteiger partial charge in [-0.05, 0) is 36.6 Å². The summed E-state index contributed by atoms with van der Waals surface area (Å²) in [5, 5.41) is 0. The molecular weight excluding hydrogens is 228 g/mol. The molecule has 4 heteroatoms. The van der Waals surface area contributed by atoms with Crippen LogP contribution in [0.2, 0.25) is 0 Å². The van der Waals surface area contributed by atoms with Crippen molar-refractivity contribution in [1.29, 1.82) is 0 Å². The molecule has 0 unspecified atom stereocenters. The lowest BCUT2D eigenvalue weighted by atomic mass is 9.93. The summed E-state index contributed by atoms with van der Waals surface area (Å²) in [6.07, 6.45) is 3.20. The van der Waals surface area contributed by atoms with E-state index in [1.807, 2.05) is 23.1 Å². The van der Waals surface area contributed by atoms with Gasteiger partial charge in [-0.3, -0.25) is 9.59 Å². The zero-order valence-electron chi connectivity index (χ0n) is 10.2. The first-order chi connectivity index (χ1) is 8.65. The lowest BCUT2D eigenvalue weighted by Crippen LogP contribution is -2.40. The molecule has 1 fully saturated rings. The first kappa shape index (κ1) is 11.3. The van der Waals surface area contributed by atoms with Crippen molar-refractivity contribution in [1.82, 2.24) is 0 Å². The van der Waals surface area contributed by atoms with Crippen LogP contribution in [-0.4, -0.2) is 17.7 Å². The molecule has 1 amide bonds. The fraction of sp³-hybridized carbons (Fsp3) is 0.429. The maximum atomic E-state index is 12.1. The third kappa shape index (κ3) is 1.78. The normalized spacial score (nSPS) is 20.3. The van der Waals surface area contributed by atoms with Crippen molar-refractivity contribution in [3.8, 4) is 0 Å². The number of amides is 1. The Balaban J connectivity index is 1.89. The molecule has 1 saturated carbocycles. The van der Waals surface area contributed by atoms with E-state index in [9.17, 15) is 9.59 Å². The van der Waals surface area contributed by atoms with Gasteiger partial charge < -0.3 is 10.6 Å². The summed E-state index contributed by atoms with van der Waals surface area (Å²) in [7, 11) is 0. The van der Waals surface area contributed by atoms with Crippen LogP contribution in [0.5, 0.6) is 0 Å². The van der Waals surface area contributed by atoms with Gasteiger partial charge >= 0.3 is 0 Å². The molecule has 0 saturated heterocycles. The van der Waals surface area contributed by atoms with Gasteiger partial charge in [0.05, 0.1) is 6.42 Å². The number of rotatable bonds is 1. The summed E-state index contributed by atoms with van der Waals surface area (Å²) in [5.41, 5.74) is 8.43. The summed E-state index contributed by atoms with van der Waals surface area (Å²) in [5.74, 6) is 0.449. The summed E-state index contributed by atoms with van der Waals surface area (Å²) < 4.78 is 0. The molecule has 0 spiro atoms. The highest BCUT2D eigenvalue weighted by Crippen LogP contribution is 2.35. The highest BCUT2D eigenvalue weighted by molar-refractivity contribution is 6.02. The maximum Gasteiger partial charge on any atom is 0.231 e. The zero-order valence-corrected chi connectivity index (χ0v) is 10.2. The van der Waals surface area contributed by atoms with E-state index < -0.39 is 0 Å². The quantitative estimate of drug-likeness (QED) is 0.764. The van der Waals surface area contributed by atoms with E-state index in [0.717, 1.165) is 24.1 Å². The van der Waals surface area contributed by atoms with Crippen molar-refractivity contribution in [3.05, 3.63) is 23.8 Å². The number of nitrogen functional groups attached to an aromatic ring is 1. The Morgan fingerprint density at radius 2 is 1.89 bits per heavy atom. The second-order valence-electron chi connectivity index (χ2n) is 5.10. The van der Waals surface area contributed by atoms with Crippen LogP contribution >= 0.6 is 0 Å². The van der Waals surface area contributed by atoms with E-state index in [2.05, 4.69) is 0 Å². The van der Waals surface area contributed by atoms with E-state index in [-0.39, 0.29) is 11.9 Å². The highest BCUT2D eigenvalue weighted by atomic mass is 16.2. The number of anilines is 2. The summed E-state index contributed by atoms with van der Waals surface area (Å²) in [4.78, 5) is 25.3. The maximum absolute atomic E-state index is 12.1. The molecule has 0 atom stereocenters. The Morgan fingerprint density at radius 1 is 1.17 bits per heavy atom. The predicted octanol–water partition coefficient (Wildman–Crippen LogP) is 1.67. The van der Waals surface area contributed by atoms with Crippen molar-refractivity contribution >= 4 is 23.1 Å². The molecule has 0 radical (unpaired) electrons. The number of nitrogens with zero attached hydrogens (tertiary/aromatic N) is 1. The van der Waals surface area contributed by atoms with E-state index in [1.165, 1.54) is 0 Å². The van der Waals surface area contributed by atoms with Crippen LogP contribution in [0.3, 0.4) is 0 Å². The number of nitrogens with two attached hydrogens (primary N) is 1. The first-order valence-electron chi connectivity index (χ1n) is 6.37. The Morgan fingerprint density at radius 3 is 2.61 bits per heavy atom. The summed E-state index contributed by atoms with van der Waals surface area (Å²) in [6, 6.07) is 5.81. The van der Waals surface area contributed by atoms with E-state index in [0.29, 0.717) is 30.7 Å². The van der Waals surface area contributed by atoms with E-state index in [1.54, 1.807) is 0 Å². The van der Waals surface area contributed by atoms with Gasteiger partial charge in [0.2, 0.25) is 5.91 Å². The fourth-order valence-corrected chi connectivity index (χ4v) is 2.95. The van der Waals surface area contributed by atoms with Gasteiger partial charge in [0, 0.05) is 30.3 Å². The lowest BCUT2D eigenvalue weighted by Gasteiger charge is -2.31. The molecule has 2 aliphatic rings. The molecular formula is C14H16N2O2. The Hall–Kier alpha value is -1.84. The molecule has 2 N–H and O–H groups in total. The minimum Gasteiger partial charge on any atom is -0.399 e. The van der Waals surface area contributed by atoms with Gasteiger partial charge in [-0.2, -0.15) is 0 Å². The molecule has 1 heterocycles. The third-order valence-electron chi connectivity index (χ3n) is 3.85. The summed E-state index contributed by atoms with van der Waals surface area (Å²) in [6.45, 7) is 0. The molecule has 1 aromatic carbocycles. The Bertz CT molecular complexity index is 515. The fourth-order valence-electron chi connectivity index (χ4n) is 2.95. The highest BCUT2D eigenvalue weighted by Gasteiger charge is 2.34. The Labute approximate surface area is 106 Å². The Kier molecular flexibility index (Phi) is 2.58. The zero-order chi connectivity index (χ0) is 12.7. The number of Topliss-reactive ketones (excluding diaryl/α,β-unsaturated/α-hetero) is 1. The largest absolute Gasteiger partial charge is 0.399 e. The first-order valence-corrected chi connectivity index (χ1v) is 6.37. The second-order valence-corrected chi connectivity index (χ2v) is 5.10. The molecule has 4 nitrogen and oxygen atoms in total. The van der Waals surface area contributed by atoms with Crippen molar-refractivity contribution in [3.63, 3.8) is 0 Å². The smallest absolute Gasteiger partial charge is 0.231 e. The van der Waals surface area contributed by atoms with E-state index >= 15 is 0 Å². The van der Waals surface area contributed by atoms with Crippen LogP contribution in [-0.2, 0) is 16.0 Å². The topological polar surface area (TPSA) is 63.4 Å². The molecule has 1 aromatic rings. The number of carbonyl (C=O) groups is 2. The second kappa shape index (κ2) is 4.12. The number of benzene rings is 1. The number of hydrogen-bond acceptors (Lipinski definition) is 3. The van der Waals surface area contributed by atoms with Gasteiger partial charge in [-0.1, -0.05) is 0 Å². The number of carbonyl (C=O) groups excluding carboxylic acids is 2. The van der Waals surface area contributed by atoms with Gasteiger partial charge in [0.1, 0.15) is 5.78 Å². The van der Waals surface area contributed by atoms with E-state index in [4.69, 9.17) is 5.73 Å². The number of hydrogen-bond donors (Lipinski definition) is 1. The molecule has 94 valence electrons. The third-order valence-corrected chi connectivity index (χ3v) is 3.85.